The Kier molecular flexibility index (Phi) is 4.21. The first-order valence-corrected chi connectivity index (χ1v) is 6.98. The van der Waals surface area contributed by atoms with Gasteiger partial charge in [0.05, 0.1) is 10.2 Å². The fourth-order valence-corrected chi connectivity index (χ4v) is 2.84. The Labute approximate surface area is 126 Å². The monoisotopic (exact) mass is 384 g/mol. The van der Waals surface area contributed by atoms with Gasteiger partial charge in [-0.15, -0.1) is 0 Å². The summed E-state index contributed by atoms with van der Waals surface area (Å²) in [4.78, 5) is 17.6. The van der Waals surface area contributed by atoms with Crippen molar-refractivity contribution in [3.8, 4) is 5.75 Å². The standard InChI is InChI=1S/C13H10Br2N2O2/c1-7-4-10(17-13(19)16-7)3-2-8-5-9(14)6-11(15)12(8)18/h2-6,18H,1H3,(H,16,17,19). The van der Waals surface area contributed by atoms with Crippen LogP contribution in [-0.2, 0) is 0 Å². The second kappa shape index (κ2) is 5.71. The molecule has 1 aromatic carbocycles. The lowest BCUT2D eigenvalue weighted by atomic mass is 10.1. The Hall–Kier alpha value is -1.40. The summed E-state index contributed by atoms with van der Waals surface area (Å²) in [5.41, 5.74) is 1.51. The number of aromatic hydroxyl groups is 1. The molecule has 0 aliphatic heterocycles. The van der Waals surface area contributed by atoms with E-state index in [1.165, 1.54) is 0 Å². The maximum atomic E-state index is 11.2. The number of aromatic amines is 1. The first kappa shape index (κ1) is 14.0. The number of aromatic nitrogens is 2. The third-order valence-corrected chi connectivity index (χ3v) is 3.45. The summed E-state index contributed by atoms with van der Waals surface area (Å²) in [6.45, 7) is 1.79. The van der Waals surface area contributed by atoms with Crippen LogP contribution in [0.2, 0.25) is 0 Å². The molecule has 0 radical (unpaired) electrons. The lowest BCUT2D eigenvalue weighted by Gasteiger charge is -2.03. The van der Waals surface area contributed by atoms with Crippen molar-refractivity contribution < 1.29 is 5.11 Å². The highest BCUT2D eigenvalue weighted by Crippen LogP contribution is 2.32. The van der Waals surface area contributed by atoms with Gasteiger partial charge < -0.3 is 10.1 Å². The first-order valence-electron chi connectivity index (χ1n) is 5.40. The highest BCUT2D eigenvalue weighted by molar-refractivity contribution is 9.11. The molecule has 1 aromatic heterocycles. The zero-order valence-corrected chi connectivity index (χ0v) is 13.1. The van der Waals surface area contributed by atoms with Gasteiger partial charge in [0.15, 0.2) is 0 Å². The zero-order chi connectivity index (χ0) is 14.0. The van der Waals surface area contributed by atoms with E-state index in [9.17, 15) is 9.90 Å². The average Bonchev–Trinajstić information content (AvgIpc) is 2.30. The van der Waals surface area contributed by atoms with Crippen LogP contribution in [0.4, 0.5) is 0 Å². The number of nitrogens with zero attached hydrogens (tertiary/aromatic N) is 1. The van der Waals surface area contributed by atoms with E-state index in [1.807, 2.05) is 0 Å². The molecule has 4 nitrogen and oxygen atoms in total. The second-order valence-electron chi connectivity index (χ2n) is 3.95. The van der Waals surface area contributed by atoms with Gasteiger partial charge in [-0.25, -0.2) is 4.79 Å². The van der Waals surface area contributed by atoms with E-state index in [0.717, 1.165) is 10.2 Å². The molecule has 0 bridgehead atoms. The van der Waals surface area contributed by atoms with Crippen molar-refractivity contribution in [1.82, 2.24) is 9.97 Å². The number of phenolic OH excluding ortho intramolecular Hbond substituents is 1. The van der Waals surface area contributed by atoms with Crippen LogP contribution in [0.3, 0.4) is 0 Å². The Bertz CT molecular complexity index is 708. The number of aryl methyl sites for hydroxylation is 1. The number of benzene rings is 1. The van der Waals surface area contributed by atoms with Gasteiger partial charge in [0.1, 0.15) is 5.75 Å². The predicted molar refractivity (Wildman–Crippen MR) is 82.0 cm³/mol. The molecule has 6 heteroatoms. The molecule has 0 aliphatic rings. The Morgan fingerprint density at radius 2 is 2.00 bits per heavy atom. The van der Waals surface area contributed by atoms with E-state index in [1.54, 1.807) is 37.3 Å². The fraction of sp³-hybridized carbons (Fsp3) is 0.0769. The predicted octanol–water partition coefficient (Wildman–Crippen LogP) is 3.48. The molecule has 2 N–H and O–H groups in total. The Balaban J connectivity index is 2.40. The van der Waals surface area contributed by atoms with Gasteiger partial charge >= 0.3 is 5.69 Å². The minimum atomic E-state index is -0.390. The zero-order valence-electron chi connectivity index (χ0n) is 9.95. The maximum Gasteiger partial charge on any atom is 0.345 e. The molecule has 0 amide bonds. The van der Waals surface area contributed by atoms with E-state index < -0.39 is 0 Å². The van der Waals surface area contributed by atoms with Crippen molar-refractivity contribution in [1.29, 1.82) is 0 Å². The van der Waals surface area contributed by atoms with Crippen LogP contribution in [0.25, 0.3) is 12.2 Å². The largest absolute Gasteiger partial charge is 0.506 e. The van der Waals surface area contributed by atoms with Crippen LogP contribution >= 0.6 is 31.9 Å². The molecule has 19 heavy (non-hydrogen) atoms. The van der Waals surface area contributed by atoms with Crippen molar-refractivity contribution in [2.75, 3.05) is 0 Å². The summed E-state index contributed by atoms with van der Waals surface area (Å²) in [6.07, 6.45) is 3.38. The van der Waals surface area contributed by atoms with E-state index in [-0.39, 0.29) is 11.4 Å². The van der Waals surface area contributed by atoms with Gasteiger partial charge in [-0.1, -0.05) is 15.9 Å². The number of rotatable bonds is 2. The molecule has 2 rings (SSSR count). The highest BCUT2D eigenvalue weighted by atomic mass is 79.9. The highest BCUT2D eigenvalue weighted by Gasteiger charge is 2.04. The van der Waals surface area contributed by atoms with E-state index in [0.29, 0.717) is 15.7 Å². The number of H-pyrrole nitrogens is 1. The summed E-state index contributed by atoms with van der Waals surface area (Å²) < 4.78 is 1.43. The summed E-state index contributed by atoms with van der Waals surface area (Å²) >= 11 is 6.61. The summed E-state index contributed by atoms with van der Waals surface area (Å²) in [6, 6.07) is 5.28. The molecule has 0 aliphatic carbocycles. The van der Waals surface area contributed by atoms with Gasteiger partial charge in [0.25, 0.3) is 0 Å². The minimum absolute atomic E-state index is 0.140. The Morgan fingerprint density at radius 1 is 1.26 bits per heavy atom. The summed E-state index contributed by atoms with van der Waals surface area (Å²) in [7, 11) is 0. The molecule has 0 saturated heterocycles. The molecular weight excluding hydrogens is 376 g/mol. The molecule has 0 fully saturated rings. The second-order valence-corrected chi connectivity index (χ2v) is 5.72. The van der Waals surface area contributed by atoms with Gasteiger partial charge in [0.2, 0.25) is 0 Å². The SMILES string of the molecule is Cc1cc(C=Cc2cc(Br)cc(Br)c2O)nc(=O)[nH]1. The third-order valence-electron chi connectivity index (χ3n) is 2.39. The normalized spacial score (nSPS) is 11.1. The summed E-state index contributed by atoms with van der Waals surface area (Å²) in [5, 5.41) is 9.90. The number of hydrogen-bond donors (Lipinski definition) is 2. The molecule has 0 atom stereocenters. The average molecular weight is 386 g/mol. The molecule has 2 aromatic rings. The minimum Gasteiger partial charge on any atom is -0.506 e. The van der Waals surface area contributed by atoms with Gasteiger partial charge in [0, 0.05) is 15.7 Å². The van der Waals surface area contributed by atoms with Crippen molar-refractivity contribution in [3.05, 3.63) is 54.6 Å². The number of phenols is 1. The van der Waals surface area contributed by atoms with E-state index in [4.69, 9.17) is 0 Å². The molecule has 0 spiro atoms. The molecule has 1 heterocycles. The van der Waals surface area contributed by atoms with Gasteiger partial charge in [-0.3, -0.25) is 0 Å². The molecule has 0 unspecified atom stereocenters. The van der Waals surface area contributed by atoms with Crippen LogP contribution < -0.4 is 5.69 Å². The van der Waals surface area contributed by atoms with Crippen LogP contribution in [0.5, 0.6) is 5.75 Å². The number of hydrogen-bond acceptors (Lipinski definition) is 3. The van der Waals surface area contributed by atoms with Crippen molar-refractivity contribution in [3.63, 3.8) is 0 Å². The lowest BCUT2D eigenvalue weighted by Crippen LogP contribution is -2.11. The smallest absolute Gasteiger partial charge is 0.345 e. The van der Waals surface area contributed by atoms with Crippen molar-refractivity contribution >= 4 is 44.0 Å². The molecular formula is C13H10Br2N2O2. The summed E-state index contributed by atoms with van der Waals surface area (Å²) in [5.74, 6) is 0.140. The topological polar surface area (TPSA) is 66.0 Å². The van der Waals surface area contributed by atoms with E-state index in [2.05, 4.69) is 41.8 Å². The van der Waals surface area contributed by atoms with Crippen LogP contribution in [0.15, 0.2) is 31.9 Å². The van der Waals surface area contributed by atoms with Crippen LogP contribution in [0.1, 0.15) is 17.0 Å². The first-order chi connectivity index (χ1) is 8.95. The maximum absolute atomic E-state index is 11.2. The van der Waals surface area contributed by atoms with Gasteiger partial charge in [-0.05, 0) is 53.2 Å². The Morgan fingerprint density at radius 3 is 2.68 bits per heavy atom. The van der Waals surface area contributed by atoms with Crippen molar-refractivity contribution in [2.45, 2.75) is 6.92 Å². The van der Waals surface area contributed by atoms with Crippen molar-refractivity contribution in [2.24, 2.45) is 0 Å². The fourth-order valence-electron chi connectivity index (χ4n) is 1.58. The number of halogens is 2. The lowest BCUT2D eigenvalue weighted by molar-refractivity contribution is 0.470. The third kappa shape index (κ3) is 3.54. The molecule has 98 valence electrons. The van der Waals surface area contributed by atoms with Crippen LogP contribution in [-0.4, -0.2) is 15.1 Å². The molecule has 0 saturated carbocycles. The number of nitrogens with one attached hydrogen (secondary N) is 1. The van der Waals surface area contributed by atoms with E-state index >= 15 is 0 Å². The van der Waals surface area contributed by atoms with Crippen LogP contribution in [0, 0.1) is 6.92 Å². The quantitative estimate of drug-likeness (QED) is 0.831. The van der Waals surface area contributed by atoms with Gasteiger partial charge in [-0.2, -0.15) is 4.98 Å².